The Kier molecular flexibility index (Phi) is 2.69. The van der Waals surface area contributed by atoms with Crippen molar-refractivity contribution >= 4 is 15.9 Å². The molecule has 0 aromatic carbocycles. The number of nitrogens with zero attached hydrogens (tertiary/aromatic N) is 3. The van der Waals surface area contributed by atoms with Gasteiger partial charge in [-0.05, 0) is 48.9 Å². The third kappa shape index (κ3) is 1.94. The number of halogens is 1. The molecule has 0 atom stereocenters. The van der Waals surface area contributed by atoms with Gasteiger partial charge in [0.2, 0.25) is 0 Å². The summed E-state index contributed by atoms with van der Waals surface area (Å²) in [7, 11) is 2.18. The minimum atomic E-state index is 0.632. The number of hydrogen-bond acceptors (Lipinski definition) is 2. The Morgan fingerprint density at radius 2 is 2.15 bits per heavy atom. The summed E-state index contributed by atoms with van der Waals surface area (Å²) in [6, 6.07) is 0.632. The van der Waals surface area contributed by atoms with Crippen molar-refractivity contribution in [2.45, 2.75) is 18.9 Å². The molecule has 1 aliphatic heterocycles. The monoisotopic (exact) mass is 243 g/mol. The van der Waals surface area contributed by atoms with Crippen LogP contribution in [0.4, 0.5) is 0 Å². The van der Waals surface area contributed by atoms with Crippen molar-refractivity contribution < 1.29 is 0 Å². The maximum Gasteiger partial charge on any atom is 0.105 e. The van der Waals surface area contributed by atoms with Crippen LogP contribution < -0.4 is 0 Å². The van der Waals surface area contributed by atoms with Gasteiger partial charge in [-0.3, -0.25) is 0 Å². The minimum absolute atomic E-state index is 0.632. The molecule has 2 rings (SSSR count). The highest BCUT2D eigenvalue weighted by Crippen LogP contribution is 2.25. The third-order valence-electron chi connectivity index (χ3n) is 2.70. The molecule has 3 nitrogen and oxygen atoms in total. The Morgan fingerprint density at radius 3 is 2.69 bits per heavy atom. The molecule has 0 amide bonds. The molecule has 2 heterocycles. The Labute approximate surface area is 86.9 Å². The van der Waals surface area contributed by atoms with Gasteiger partial charge in [0.15, 0.2) is 0 Å². The summed E-state index contributed by atoms with van der Waals surface area (Å²) in [4.78, 5) is 6.49. The standard InChI is InChI=1S/C9H14BrN3/c1-12-4-2-8(3-5-12)13-7-11-6-9(13)10/h6-8H,2-5H2,1H3. The second-order valence-corrected chi connectivity index (χ2v) is 4.47. The first-order valence-corrected chi connectivity index (χ1v) is 5.42. The first-order chi connectivity index (χ1) is 6.27. The number of hydrogen-bond donors (Lipinski definition) is 0. The van der Waals surface area contributed by atoms with Crippen LogP contribution in [0.5, 0.6) is 0 Å². The van der Waals surface area contributed by atoms with E-state index >= 15 is 0 Å². The van der Waals surface area contributed by atoms with E-state index in [1.807, 2.05) is 12.5 Å². The van der Waals surface area contributed by atoms with Crippen molar-refractivity contribution in [2.75, 3.05) is 20.1 Å². The SMILES string of the molecule is CN1CCC(n2cncc2Br)CC1. The summed E-state index contributed by atoms with van der Waals surface area (Å²) >= 11 is 3.50. The van der Waals surface area contributed by atoms with Gasteiger partial charge < -0.3 is 9.47 Å². The largest absolute Gasteiger partial charge is 0.322 e. The zero-order valence-corrected chi connectivity index (χ0v) is 9.37. The van der Waals surface area contributed by atoms with E-state index in [0.29, 0.717) is 6.04 Å². The number of aromatic nitrogens is 2. The predicted molar refractivity (Wildman–Crippen MR) is 55.7 cm³/mol. The molecule has 4 heteroatoms. The van der Waals surface area contributed by atoms with E-state index in [4.69, 9.17) is 0 Å². The van der Waals surface area contributed by atoms with Crippen LogP contribution in [0.2, 0.25) is 0 Å². The van der Waals surface area contributed by atoms with Gasteiger partial charge in [-0.25, -0.2) is 4.98 Å². The molecule has 1 aromatic heterocycles. The fourth-order valence-corrected chi connectivity index (χ4v) is 2.33. The first-order valence-electron chi connectivity index (χ1n) is 4.63. The molecular formula is C9H14BrN3. The van der Waals surface area contributed by atoms with E-state index in [1.165, 1.54) is 25.9 Å². The number of piperidine rings is 1. The van der Waals surface area contributed by atoms with E-state index in [2.05, 4.69) is 37.4 Å². The normalized spacial score (nSPS) is 20.8. The smallest absolute Gasteiger partial charge is 0.105 e. The van der Waals surface area contributed by atoms with E-state index in [-0.39, 0.29) is 0 Å². The topological polar surface area (TPSA) is 21.1 Å². The van der Waals surface area contributed by atoms with Crippen molar-refractivity contribution in [3.8, 4) is 0 Å². The van der Waals surface area contributed by atoms with Crippen molar-refractivity contribution in [3.63, 3.8) is 0 Å². The van der Waals surface area contributed by atoms with Crippen molar-refractivity contribution in [1.29, 1.82) is 0 Å². The van der Waals surface area contributed by atoms with Crippen LogP contribution in [0, 0.1) is 0 Å². The van der Waals surface area contributed by atoms with Crippen molar-refractivity contribution in [2.24, 2.45) is 0 Å². The lowest BCUT2D eigenvalue weighted by Crippen LogP contribution is -2.31. The highest BCUT2D eigenvalue weighted by atomic mass is 79.9. The van der Waals surface area contributed by atoms with Crippen molar-refractivity contribution in [3.05, 3.63) is 17.1 Å². The van der Waals surface area contributed by atoms with Gasteiger partial charge in [0.1, 0.15) is 4.60 Å². The molecule has 0 spiro atoms. The molecule has 0 unspecified atom stereocenters. The van der Waals surface area contributed by atoms with Gasteiger partial charge in [0, 0.05) is 6.04 Å². The first kappa shape index (κ1) is 9.21. The molecule has 1 saturated heterocycles. The fourth-order valence-electron chi connectivity index (χ4n) is 1.83. The molecule has 1 fully saturated rings. The number of likely N-dealkylation sites (tertiary alicyclic amines) is 1. The van der Waals surface area contributed by atoms with Crippen LogP contribution in [0.3, 0.4) is 0 Å². The molecule has 0 N–H and O–H groups in total. The van der Waals surface area contributed by atoms with E-state index < -0.39 is 0 Å². The van der Waals surface area contributed by atoms with E-state index in [9.17, 15) is 0 Å². The third-order valence-corrected chi connectivity index (χ3v) is 3.31. The summed E-state index contributed by atoms with van der Waals surface area (Å²) in [6.07, 6.45) is 6.23. The van der Waals surface area contributed by atoms with Crippen molar-refractivity contribution in [1.82, 2.24) is 14.5 Å². The van der Waals surface area contributed by atoms with Crippen LogP contribution in [-0.4, -0.2) is 34.6 Å². The maximum absolute atomic E-state index is 4.12. The van der Waals surface area contributed by atoms with Gasteiger partial charge in [0.05, 0.1) is 12.5 Å². The molecule has 0 aliphatic carbocycles. The molecule has 0 radical (unpaired) electrons. The molecular weight excluding hydrogens is 230 g/mol. The van der Waals surface area contributed by atoms with E-state index in [1.54, 1.807) is 0 Å². The molecule has 0 saturated carbocycles. The van der Waals surface area contributed by atoms with Gasteiger partial charge >= 0.3 is 0 Å². The maximum atomic E-state index is 4.12. The lowest BCUT2D eigenvalue weighted by molar-refractivity contribution is 0.220. The van der Waals surface area contributed by atoms with Crippen LogP contribution in [0.1, 0.15) is 18.9 Å². The predicted octanol–water partition coefficient (Wildman–Crippen LogP) is 1.91. The van der Waals surface area contributed by atoms with Gasteiger partial charge in [0.25, 0.3) is 0 Å². The van der Waals surface area contributed by atoms with Crippen LogP contribution in [0.15, 0.2) is 17.1 Å². The lowest BCUT2D eigenvalue weighted by Gasteiger charge is -2.30. The summed E-state index contributed by atoms with van der Waals surface area (Å²) in [5, 5.41) is 0. The Bertz CT molecular complexity index is 276. The average molecular weight is 244 g/mol. The highest BCUT2D eigenvalue weighted by Gasteiger charge is 2.18. The van der Waals surface area contributed by atoms with Gasteiger partial charge in [-0.1, -0.05) is 0 Å². The number of imidazole rings is 1. The zero-order chi connectivity index (χ0) is 9.26. The lowest BCUT2D eigenvalue weighted by atomic mass is 10.1. The van der Waals surface area contributed by atoms with Crippen LogP contribution in [-0.2, 0) is 0 Å². The molecule has 72 valence electrons. The zero-order valence-electron chi connectivity index (χ0n) is 7.78. The summed E-state index contributed by atoms with van der Waals surface area (Å²) < 4.78 is 3.33. The second-order valence-electron chi connectivity index (χ2n) is 3.66. The molecule has 13 heavy (non-hydrogen) atoms. The van der Waals surface area contributed by atoms with Crippen LogP contribution >= 0.6 is 15.9 Å². The highest BCUT2D eigenvalue weighted by molar-refractivity contribution is 9.10. The average Bonchev–Trinajstić information content (AvgIpc) is 2.53. The fraction of sp³-hybridized carbons (Fsp3) is 0.667. The Morgan fingerprint density at radius 1 is 1.46 bits per heavy atom. The molecule has 1 aromatic rings. The summed E-state index contributed by atoms with van der Waals surface area (Å²) in [5.41, 5.74) is 0. The Hall–Kier alpha value is -0.350. The van der Waals surface area contributed by atoms with Crippen LogP contribution in [0.25, 0.3) is 0 Å². The summed E-state index contributed by atoms with van der Waals surface area (Å²) in [6.45, 7) is 2.38. The van der Waals surface area contributed by atoms with E-state index in [0.717, 1.165) is 4.60 Å². The Balaban J connectivity index is 2.06. The molecule has 1 aliphatic rings. The van der Waals surface area contributed by atoms with Gasteiger partial charge in [-0.2, -0.15) is 0 Å². The van der Waals surface area contributed by atoms with Gasteiger partial charge in [-0.15, -0.1) is 0 Å². The number of rotatable bonds is 1. The second kappa shape index (κ2) is 3.80. The summed E-state index contributed by atoms with van der Waals surface area (Å²) in [5.74, 6) is 0. The quantitative estimate of drug-likeness (QED) is 0.752. The minimum Gasteiger partial charge on any atom is -0.322 e. The molecule has 0 bridgehead atoms.